The van der Waals surface area contributed by atoms with Gasteiger partial charge in [-0.05, 0) is 74.8 Å². The molecule has 1 aliphatic rings. The number of benzene rings is 2. The zero-order valence-corrected chi connectivity index (χ0v) is 15.8. The minimum atomic E-state index is 0.124. The predicted octanol–water partition coefficient (Wildman–Crippen LogP) is 4.19. The molecular formula is C16H13BrIN5. The van der Waals surface area contributed by atoms with Gasteiger partial charge in [-0.3, -0.25) is 0 Å². The van der Waals surface area contributed by atoms with Crippen molar-refractivity contribution in [3.8, 4) is 0 Å². The van der Waals surface area contributed by atoms with E-state index in [1.165, 1.54) is 14.7 Å². The van der Waals surface area contributed by atoms with Crippen LogP contribution in [0.15, 0.2) is 53.0 Å². The number of anilines is 1. The second-order valence-electron chi connectivity index (χ2n) is 5.50. The Labute approximate surface area is 155 Å². The lowest BCUT2D eigenvalue weighted by molar-refractivity contribution is 0.423. The molecule has 2 aromatic carbocycles. The van der Waals surface area contributed by atoms with Gasteiger partial charge in [0, 0.05) is 8.04 Å². The molecule has 23 heavy (non-hydrogen) atoms. The Morgan fingerprint density at radius 1 is 1.04 bits per heavy atom. The van der Waals surface area contributed by atoms with Crippen LogP contribution < -0.4 is 5.32 Å². The Morgan fingerprint density at radius 2 is 1.74 bits per heavy atom. The molecule has 1 aromatic heterocycles. The topological polar surface area (TPSA) is 55.6 Å². The van der Waals surface area contributed by atoms with Crippen LogP contribution in [0.3, 0.4) is 0 Å². The number of rotatable bonds is 2. The van der Waals surface area contributed by atoms with Crippen molar-refractivity contribution in [3.05, 3.63) is 67.7 Å². The molecule has 4 rings (SSSR count). The number of aromatic nitrogens is 4. The Bertz CT molecular complexity index is 815. The fraction of sp³-hybridized carbons (Fsp3) is 0.188. The molecule has 2 atom stereocenters. The number of fused-ring (bicyclic) bond motifs is 1. The van der Waals surface area contributed by atoms with E-state index < -0.39 is 0 Å². The molecule has 2 unspecified atom stereocenters. The van der Waals surface area contributed by atoms with Gasteiger partial charge in [0.25, 0.3) is 0 Å². The molecule has 116 valence electrons. The van der Waals surface area contributed by atoms with Crippen molar-refractivity contribution in [2.24, 2.45) is 0 Å². The van der Waals surface area contributed by atoms with Gasteiger partial charge in [0.2, 0.25) is 5.95 Å². The third-order valence-electron chi connectivity index (χ3n) is 4.08. The average Bonchev–Trinajstić information content (AvgIpc) is 3.04. The molecule has 1 N–H and O–H groups in total. The summed E-state index contributed by atoms with van der Waals surface area (Å²) in [6.07, 6.45) is 0.903. The van der Waals surface area contributed by atoms with Gasteiger partial charge in [0.15, 0.2) is 0 Å². The monoisotopic (exact) mass is 481 g/mol. The lowest BCUT2D eigenvalue weighted by Gasteiger charge is -2.31. The molecule has 0 saturated heterocycles. The van der Waals surface area contributed by atoms with Crippen LogP contribution in [0.4, 0.5) is 5.95 Å². The second kappa shape index (κ2) is 6.20. The molecule has 0 aliphatic carbocycles. The van der Waals surface area contributed by atoms with Crippen molar-refractivity contribution in [2.75, 3.05) is 5.32 Å². The molecule has 0 fully saturated rings. The Kier molecular flexibility index (Phi) is 4.06. The highest BCUT2D eigenvalue weighted by molar-refractivity contribution is 14.1. The highest BCUT2D eigenvalue weighted by atomic mass is 127. The summed E-state index contributed by atoms with van der Waals surface area (Å²) in [6.45, 7) is 0. The highest BCUT2D eigenvalue weighted by Gasteiger charge is 2.30. The number of tetrazole rings is 1. The van der Waals surface area contributed by atoms with Crippen LogP contribution in [-0.4, -0.2) is 20.2 Å². The van der Waals surface area contributed by atoms with E-state index in [0.717, 1.165) is 10.9 Å². The zero-order valence-electron chi connectivity index (χ0n) is 12.0. The van der Waals surface area contributed by atoms with Gasteiger partial charge in [-0.1, -0.05) is 45.3 Å². The molecule has 0 bridgehead atoms. The first kappa shape index (κ1) is 15.1. The molecule has 0 spiro atoms. The van der Waals surface area contributed by atoms with Crippen LogP contribution in [-0.2, 0) is 0 Å². The van der Waals surface area contributed by atoms with Gasteiger partial charge in [0.05, 0.1) is 12.1 Å². The maximum atomic E-state index is 4.16. The van der Waals surface area contributed by atoms with Gasteiger partial charge in [0.1, 0.15) is 0 Å². The van der Waals surface area contributed by atoms with E-state index in [4.69, 9.17) is 0 Å². The zero-order chi connectivity index (χ0) is 15.8. The van der Waals surface area contributed by atoms with Crippen molar-refractivity contribution in [1.29, 1.82) is 0 Å². The first-order valence-electron chi connectivity index (χ1n) is 7.26. The minimum Gasteiger partial charge on any atom is -0.346 e. The van der Waals surface area contributed by atoms with E-state index in [-0.39, 0.29) is 12.1 Å². The van der Waals surface area contributed by atoms with Crippen molar-refractivity contribution < 1.29 is 0 Å². The molecule has 7 heteroatoms. The van der Waals surface area contributed by atoms with Gasteiger partial charge >= 0.3 is 0 Å². The summed E-state index contributed by atoms with van der Waals surface area (Å²) in [6, 6.07) is 17.3. The second-order valence-corrected chi connectivity index (χ2v) is 7.66. The first-order chi connectivity index (χ1) is 11.2. The summed E-state index contributed by atoms with van der Waals surface area (Å²) < 4.78 is 4.17. The summed E-state index contributed by atoms with van der Waals surface area (Å²) in [4.78, 5) is 0. The number of nitrogens with zero attached hydrogens (tertiary/aromatic N) is 4. The van der Waals surface area contributed by atoms with Crippen molar-refractivity contribution in [3.63, 3.8) is 0 Å². The Hall–Kier alpha value is -1.48. The minimum absolute atomic E-state index is 0.124. The summed E-state index contributed by atoms with van der Waals surface area (Å²) >= 11 is 5.81. The first-order valence-corrected chi connectivity index (χ1v) is 9.13. The summed E-state index contributed by atoms with van der Waals surface area (Å²) in [7, 11) is 0. The molecule has 3 aromatic rings. The number of halogens is 2. The smallest absolute Gasteiger partial charge is 0.243 e. The van der Waals surface area contributed by atoms with Crippen molar-refractivity contribution in [2.45, 2.75) is 18.5 Å². The Balaban J connectivity index is 1.71. The van der Waals surface area contributed by atoms with Crippen LogP contribution in [0.1, 0.15) is 29.6 Å². The molecule has 0 radical (unpaired) electrons. The van der Waals surface area contributed by atoms with Gasteiger partial charge in [-0.25, -0.2) is 4.68 Å². The molecule has 0 amide bonds. The molecule has 2 heterocycles. The van der Waals surface area contributed by atoms with Crippen LogP contribution in [0.25, 0.3) is 0 Å². The van der Waals surface area contributed by atoms with Crippen LogP contribution in [0.5, 0.6) is 0 Å². The van der Waals surface area contributed by atoms with Crippen LogP contribution >= 0.6 is 38.5 Å². The maximum absolute atomic E-state index is 4.16. The standard InChI is InChI=1S/C16H13BrIN5/c17-12-5-1-11(2-6-12)15-9-14(10-3-7-13(18)8-4-10)19-16-20-21-22-23(15)16/h1-8,14-15H,9H2,(H,19,20,22). The number of hydrogen-bond acceptors (Lipinski definition) is 4. The third-order valence-corrected chi connectivity index (χ3v) is 5.33. The SMILES string of the molecule is Brc1ccc(C2CC(c3ccc(I)cc3)Nc3nnnn32)cc1. The van der Waals surface area contributed by atoms with Crippen molar-refractivity contribution in [1.82, 2.24) is 20.2 Å². The van der Waals surface area contributed by atoms with E-state index >= 15 is 0 Å². The Morgan fingerprint density at radius 3 is 2.48 bits per heavy atom. The van der Waals surface area contributed by atoms with E-state index in [9.17, 15) is 0 Å². The van der Waals surface area contributed by atoms with Gasteiger partial charge < -0.3 is 5.32 Å². The van der Waals surface area contributed by atoms with E-state index in [0.29, 0.717) is 5.95 Å². The lowest BCUT2D eigenvalue weighted by atomic mass is 9.93. The summed E-state index contributed by atoms with van der Waals surface area (Å²) in [5, 5.41) is 15.6. The van der Waals surface area contributed by atoms with Gasteiger partial charge in [-0.15, -0.1) is 0 Å². The number of nitrogens with one attached hydrogen (secondary N) is 1. The molecular weight excluding hydrogens is 469 g/mol. The highest BCUT2D eigenvalue weighted by Crippen LogP contribution is 2.37. The summed E-state index contributed by atoms with van der Waals surface area (Å²) in [5.74, 6) is 0.715. The molecule has 0 saturated carbocycles. The fourth-order valence-electron chi connectivity index (χ4n) is 2.91. The van der Waals surface area contributed by atoms with Crippen LogP contribution in [0.2, 0.25) is 0 Å². The van der Waals surface area contributed by atoms with E-state index in [2.05, 4.69) is 108 Å². The normalized spacial score (nSPS) is 19.9. The quantitative estimate of drug-likeness (QED) is 0.558. The van der Waals surface area contributed by atoms with E-state index in [1.807, 2.05) is 4.68 Å². The van der Waals surface area contributed by atoms with E-state index in [1.54, 1.807) is 0 Å². The summed E-state index contributed by atoms with van der Waals surface area (Å²) in [5.41, 5.74) is 2.46. The van der Waals surface area contributed by atoms with Crippen molar-refractivity contribution >= 4 is 44.5 Å². The molecule has 5 nitrogen and oxygen atoms in total. The predicted molar refractivity (Wildman–Crippen MR) is 100 cm³/mol. The maximum Gasteiger partial charge on any atom is 0.243 e. The fourth-order valence-corrected chi connectivity index (χ4v) is 3.54. The largest absolute Gasteiger partial charge is 0.346 e. The van der Waals surface area contributed by atoms with Crippen LogP contribution in [0, 0.1) is 3.57 Å². The molecule has 1 aliphatic heterocycles. The number of hydrogen-bond donors (Lipinski definition) is 1. The lowest BCUT2D eigenvalue weighted by Crippen LogP contribution is -2.28. The average molecular weight is 482 g/mol. The van der Waals surface area contributed by atoms with Gasteiger partial charge in [-0.2, -0.15) is 0 Å². The third kappa shape index (κ3) is 2.99.